The van der Waals surface area contributed by atoms with Crippen LogP contribution < -0.4 is 5.32 Å². The van der Waals surface area contributed by atoms with Gasteiger partial charge in [0.15, 0.2) is 5.13 Å². The van der Waals surface area contributed by atoms with E-state index in [1.807, 2.05) is 43.3 Å². The van der Waals surface area contributed by atoms with Crippen molar-refractivity contribution in [1.82, 2.24) is 24.8 Å². The van der Waals surface area contributed by atoms with Gasteiger partial charge in [-0.15, -0.1) is 22.7 Å². The average molecular weight is 427 g/mol. The van der Waals surface area contributed by atoms with E-state index in [4.69, 9.17) is 0 Å². The zero-order valence-corrected chi connectivity index (χ0v) is 18.2. The summed E-state index contributed by atoms with van der Waals surface area (Å²) in [7, 11) is 0. The first-order valence-corrected chi connectivity index (χ1v) is 11.1. The van der Waals surface area contributed by atoms with Crippen LogP contribution in [0.25, 0.3) is 6.08 Å². The van der Waals surface area contributed by atoms with Gasteiger partial charge in [-0.3, -0.25) is 4.79 Å². The van der Waals surface area contributed by atoms with Gasteiger partial charge in [-0.05, 0) is 33.3 Å². The van der Waals surface area contributed by atoms with Crippen molar-refractivity contribution in [2.45, 2.75) is 33.1 Å². The predicted molar refractivity (Wildman–Crippen MR) is 117 cm³/mol. The molecule has 9 heteroatoms. The summed E-state index contributed by atoms with van der Waals surface area (Å²) in [5.74, 6) is 1.67. The van der Waals surface area contributed by atoms with E-state index in [0.717, 1.165) is 45.2 Å². The molecule has 150 valence electrons. The Bertz CT molecular complexity index is 1060. The number of nitrogens with zero attached hydrogens (tertiary/aromatic N) is 5. The Balaban J connectivity index is 1.43. The molecule has 1 atom stereocenters. The highest BCUT2D eigenvalue weighted by Gasteiger charge is 2.27. The van der Waals surface area contributed by atoms with Crippen LogP contribution in [0.15, 0.2) is 23.7 Å². The molecule has 3 aromatic heterocycles. The maximum Gasteiger partial charge on any atom is 0.246 e. The summed E-state index contributed by atoms with van der Waals surface area (Å²) < 4.78 is 0. The van der Waals surface area contributed by atoms with Crippen molar-refractivity contribution in [2.75, 3.05) is 18.4 Å². The van der Waals surface area contributed by atoms with Crippen LogP contribution in [0, 0.1) is 20.8 Å². The Morgan fingerprint density at radius 1 is 1.28 bits per heavy atom. The van der Waals surface area contributed by atoms with Crippen molar-refractivity contribution >= 4 is 45.6 Å². The van der Waals surface area contributed by atoms with Gasteiger partial charge in [0.2, 0.25) is 5.91 Å². The Hall–Kier alpha value is -2.65. The topological polar surface area (TPSA) is 83.9 Å². The lowest BCUT2D eigenvalue weighted by Crippen LogP contribution is -2.26. The molecule has 4 heterocycles. The number of carbonyl (C=O) groups is 1. The molecule has 1 N–H and O–H groups in total. The lowest BCUT2D eigenvalue weighted by atomic mass is 10.0. The van der Waals surface area contributed by atoms with Crippen LogP contribution in [-0.4, -0.2) is 43.8 Å². The summed E-state index contributed by atoms with van der Waals surface area (Å²) in [6.45, 7) is 7.25. The van der Waals surface area contributed by atoms with Gasteiger partial charge >= 0.3 is 0 Å². The number of aryl methyl sites for hydroxylation is 3. The normalized spacial score (nSPS) is 16.7. The molecular formula is C20H22N6OS2. The van der Waals surface area contributed by atoms with Gasteiger partial charge in [-0.25, -0.2) is 19.9 Å². The monoisotopic (exact) mass is 426 g/mol. The molecule has 0 aliphatic carbocycles. The minimum absolute atomic E-state index is 0.0144. The zero-order chi connectivity index (χ0) is 20.4. The van der Waals surface area contributed by atoms with Crippen LogP contribution in [0.4, 0.5) is 10.9 Å². The van der Waals surface area contributed by atoms with E-state index < -0.39 is 0 Å². The molecule has 3 aromatic rings. The summed E-state index contributed by atoms with van der Waals surface area (Å²) in [6.07, 6.45) is 6.12. The number of carbonyl (C=O) groups excluding carboxylic acids is 1. The molecule has 0 spiro atoms. The first-order valence-electron chi connectivity index (χ1n) is 9.40. The molecule has 4 rings (SSSR count). The molecule has 0 saturated carbocycles. The molecule has 1 saturated heterocycles. The van der Waals surface area contributed by atoms with E-state index >= 15 is 0 Å². The SMILES string of the molecule is Cc1nc(Nc2ncc(C)s2)cc(C2CCN(C(=O)/C=C/c3csc(C)n3)C2)n1. The summed E-state index contributed by atoms with van der Waals surface area (Å²) in [5, 5.41) is 7.03. The maximum atomic E-state index is 12.5. The molecule has 7 nitrogen and oxygen atoms in total. The van der Waals surface area contributed by atoms with Gasteiger partial charge < -0.3 is 10.2 Å². The van der Waals surface area contributed by atoms with Gasteiger partial charge in [0.05, 0.1) is 16.4 Å². The minimum Gasteiger partial charge on any atom is -0.338 e. The Labute approximate surface area is 177 Å². The van der Waals surface area contributed by atoms with Gasteiger partial charge in [-0.2, -0.15) is 0 Å². The molecule has 1 fully saturated rings. The van der Waals surface area contributed by atoms with Crippen LogP contribution >= 0.6 is 22.7 Å². The first kappa shape index (κ1) is 19.7. The van der Waals surface area contributed by atoms with Crippen molar-refractivity contribution in [3.05, 3.63) is 50.8 Å². The second kappa shape index (κ2) is 8.38. The van der Waals surface area contributed by atoms with Crippen LogP contribution in [0.3, 0.4) is 0 Å². The number of nitrogens with one attached hydrogen (secondary N) is 1. The number of likely N-dealkylation sites (tertiary alicyclic amines) is 1. The summed E-state index contributed by atoms with van der Waals surface area (Å²) in [5.41, 5.74) is 1.79. The van der Waals surface area contributed by atoms with Crippen LogP contribution in [0.1, 0.15) is 39.4 Å². The molecule has 0 bridgehead atoms. The largest absolute Gasteiger partial charge is 0.338 e. The number of hydrogen-bond donors (Lipinski definition) is 1. The molecule has 1 aliphatic heterocycles. The fraction of sp³-hybridized carbons (Fsp3) is 0.350. The van der Waals surface area contributed by atoms with Gasteiger partial charge in [0, 0.05) is 47.6 Å². The van der Waals surface area contributed by atoms with Gasteiger partial charge in [-0.1, -0.05) is 0 Å². The van der Waals surface area contributed by atoms with Crippen molar-refractivity contribution in [1.29, 1.82) is 0 Å². The van der Waals surface area contributed by atoms with E-state index in [-0.39, 0.29) is 11.8 Å². The third kappa shape index (κ3) is 4.86. The molecule has 0 aromatic carbocycles. The van der Waals surface area contributed by atoms with E-state index in [9.17, 15) is 4.79 Å². The molecule has 1 unspecified atom stereocenters. The molecule has 1 amide bonds. The predicted octanol–water partition coefficient (Wildman–Crippen LogP) is 4.09. The lowest BCUT2D eigenvalue weighted by Gasteiger charge is -2.15. The number of anilines is 2. The maximum absolute atomic E-state index is 12.5. The smallest absolute Gasteiger partial charge is 0.246 e. The second-order valence-corrected chi connectivity index (χ2v) is 9.32. The van der Waals surface area contributed by atoms with Crippen LogP contribution in [-0.2, 0) is 4.79 Å². The molecule has 0 radical (unpaired) electrons. The molecule has 29 heavy (non-hydrogen) atoms. The van der Waals surface area contributed by atoms with Crippen LogP contribution in [0.5, 0.6) is 0 Å². The Kier molecular flexibility index (Phi) is 5.68. The third-order valence-corrected chi connectivity index (χ3v) is 6.29. The van der Waals surface area contributed by atoms with Crippen molar-refractivity contribution in [3.63, 3.8) is 0 Å². The minimum atomic E-state index is 0.0144. The molecular weight excluding hydrogens is 404 g/mol. The Morgan fingerprint density at radius 3 is 2.86 bits per heavy atom. The number of amides is 1. The quantitative estimate of drug-likeness (QED) is 0.619. The number of aromatic nitrogens is 4. The summed E-state index contributed by atoms with van der Waals surface area (Å²) in [4.78, 5) is 33.3. The zero-order valence-electron chi connectivity index (χ0n) is 16.5. The van der Waals surface area contributed by atoms with E-state index in [1.165, 1.54) is 0 Å². The fourth-order valence-electron chi connectivity index (χ4n) is 3.31. The average Bonchev–Trinajstić information content (AvgIpc) is 3.41. The lowest BCUT2D eigenvalue weighted by molar-refractivity contribution is -0.124. The third-order valence-electron chi connectivity index (χ3n) is 4.67. The highest BCUT2D eigenvalue weighted by atomic mass is 32.1. The number of hydrogen-bond acceptors (Lipinski definition) is 8. The van der Waals surface area contributed by atoms with E-state index in [2.05, 4.69) is 25.3 Å². The van der Waals surface area contributed by atoms with Gasteiger partial charge in [0.1, 0.15) is 11.6 Å². The van der Waals surface area contributed by atoms with Crippen LogP contribution in [0.2, 0.25) is 0 Å². The number of rotatable bonds is 5. The fourth-order valence-corrected chi connectivity index (χ4v) is 4.56. The highest BCUT2D eigenvalue weighted by molar-refractivity contribution is 7.15. The standard InChI is InChI=1S/C20H22N6OS2/c1-12-9-21-20(29-12)25-18-8-17(22-13(2)23-18)15-6-7-26(10-15)19(27)5-4-16-11-28-14(3)24-16/h4-5,8-9,11,15H,6-7,10H2,1-3H3,(H,21,22,23,25)/b5-4+. The highest BCUT2D eigenvalue weighted by Crippen LogP contribution is 2.29. The first-order chi connectivity index (χ1) is 14.0. The van der Waals surface area contributed by atoms with Crippen molar-refractivity contribution in [3.8, 4) is 0 Å². The second-order valence-electron chi connectivity index (χ2n) is 7.02. The van der Waals surface area contributed by atoms with Crippen molar-refractivity contribution < 1.29 is 4.79 Å². The van der Waals surface area contributed by atoms with E-state index in [0.29, 0.717) is 12.4 Å². The summed E-state index contributed by atoms with van der Waals surface area (Å²) in [6, 6.07) is 1.97. The van der Waals surface area contributed by atoms with Gasteiger partial charge in [0.25, 0.3) is 0 Å². The van der Waals surface area contributed by atoms with Crippen molar-refractivity contribution in [2.24, 2.45) is 0 Å². The Morgan fingerprint density at radius 2 is 2.14 bits per heavy atom. The van der Waals surface area contributed by atoms with E-state index in [1.54, 1.807) is 34.8 Å². The molecule has 1 aliphatic rings. The summed E-state index contributed by atoms with van der Waals surface area (Å²) >= 11 is 3.17. The number of thiazole rings is 2.